The van der Waals surface area contributed by atoms with Gasteiger partial charge in [0.25, 0.3) is 5.91 Å². The van der Waals surface area contributed by atoms with Crippen molar-refractivity contribution >= 4 is 29.3 Å². The van der Waals surface area contributed by atoms with Crippen LogP contribution >= 0.6 is 11.6 Å². The van der Waals surface area contributed by atoms with Gasteiger partial charge in [-0.2, -0.15) is 13.2 Å². The topological polar surface area (TPSA) is 77.5 Å². The van der Waals surface area contributed by atoms with Crippen LogP contribution in [0.1, 0.15) is 17.5 Å². The summed E-state index contributed by atoms with van der Waals surface area (Å²) in [6, 6.07) is 7.91. The van der Waals surface area contributed by atoms with Crippen LogP contribution in [0.15, 0.2) is 36.5 Å². The number of aromatic nitrogens is 1. The number of esters is 1. The average Bonchev–Trinajstić information content (AvgIpc) is 2.62. The van der Waals surface area contributed by atoms with Crippen molar-refractivity contribution in [1.82, 2.24) is 4.98 Å². The molecule has 1 aromatic carbocycles. The third-order valence-corrected chi connectivity index (χ3v) is 3.74. The predicted octanol–water partition coefficient (Wildman–Crippen LogP) is 4.01. The highest BCUT2D eigenvalue weighted by atomic mass is 35.5. The van der Waals surface area contributed by atoms with Gasteiger partial charge in [0, 0.05) is 6.20 Å². The van der Waals surface area contributed by atoms with Gasteiger partial charge in [-0.3, -0.25) is 9.59 Å². The molecule has 0 bridgehead atoms. The van der Waals surface area contributed by atoms with E-state index in [1.807, 2.05) is 19.1 Å². The summed E-state index contributed by atoms with van der Waals surface area (Å²) in [6.45, 7) is 1.29. The van der Waals surface area contributed by atoms with Gasteiger partial charge in [-0.15, -0.1) is 0 Å². The number of nitrogens with one attached hydrogen (secondary N) is 1. The molecule has 0 radical (unpaired) electrons. The van der Waals surface area contributed by atoms with Crippen molar-refractivity contribution in [2.24, 2.45) is 0 Å². The van der Waals surface area contributed by atoms with Gasteiger partial charge in [-0.25, -0.2) is 4.98 Å². The van der Waals surface area contributed by atoms with Crippen molar-refractivity contribution in [3.05, 3.63) is 52.7 Å². The summed E-state index contributed by atoms with van der Waals surface area (Å²) in [4.78, 5) is 26.9. The lowest BCUT2D eigenvalue weighted by Gasteiger charge is -2.11. The van der Waals surface area contributed by atoms with E-state index in [0.717, 1.165) is 5.56 Å². The summed E-state index contributed by atoms with van der Waals surface area (Å²) in [7, 11) is 0. The summed E-state index contributed by atoms with van der Waals surface area (Å²) >= 11 is 5.68. The zero-order chi connectivity index (χ0) is 20.7. The van der Waals surface area contributed by atoms with Gasteiger partial charge in [-0.05, 0) is 24.6 Å². The number of aryl methyl sites for hydroxylation is 1. The number of amides is 1. The first kappa shape index (κ1) is 21.5. The smallest absolute Gasteiger partial charge is 0.417 e. The third kappa shape index (κ3) is 6.41. The van der Waals surface area contributed by atoms with Gasteiger partial charge >= 0.3 is 12.1 Å². The Morgan fingerprint density at radius 1 is 1.25 bits per heavy atom. The SMILES string of the molecule is Cc1ccccc1OCCC(=O)OCC(=O)Nc1ncc(C(F)(F)F)cc1Cl. The van der Waals surface area contributed by atoms with E-state index in [2.05, 4.69) is 10.3 Å². The van der Waals surface area contributed by atoms with E-state index < -0.39 is 30.2 Å². The molecule has 28 heavy (non-hydrogen) atoms. The summed E-state index contributed by atoms with van der Waals surface area (Å²) in [5.41, 5.74) is -0.133. The van der Waals surface area contributed by atoms with E-state index in [1.54, 1.807) is 12.1 Å². The first-order valence-corrected chi connectivity index (χ1v) is 8.41. The Balaban J connectivity index is 1.76. The van der Waals surface area contributed by atoms with E-state index in [-0.39, 0.29) is 23.9 Å². The monoisotopic (exact) mass is 416 g/mol. The largest absolute Gasteiger partial charge is 0.493 e. The van der Waals surface area contributed by atoms with Crippen molar-refractivity contribution < 1.29 is 32.2 Å². The molecule has 6 nitrogen and oxygen atoms in total. The van der Waals surface area contributed by atoms with Gasteiger partial charge in [0.05, 0.1) is 23.6 Å². The van der Waals surface area contributed by atoms with E-state index in [0.29, 0.717) is 18.0 Å². The Morgan fingerprint density at radius 2 is 1.96 bits per heavy atom. The average molecular weight is 417 g/mol. The van der Waals surface area contributed by atoms with Crippen LogP contribution in [0.2, 0.25) is 5.02 Å². The Hall–Kier alpha value is -2.81. The van der Waals surface area contributed by atoms with Crippen LogP contribution in [-0.2, 0) is 20.5 Å². The number of pyridine rings is 1. The molecule has 0 saturated carbocycles. The zero-order valence-corrected chi connectivity index (χ0v) is 15.4. The molecule has 0 atom stereocenters. The maximum Gasteiger partial charge on any atom is 0.417 e. The molecule has 1 heterocycles. The number of carbonyl (C=O) groups is 2. The van der Waals surface area contributed by atoms with Crippen LogP contribution in [0.3, 0.4) is 0 Å². The minimum Gasteiger partial charge on any atom is -0.493 e. The minimum atomic E-state index is -4.60. The lowest BCUT2D eigenvalue weighted by molar-refractivity contribution is -0.147. The second-order valence-electron chi connectivity index (χ2n) is 5.63. The maximum atomic E-state index is 12.6. The molecule has 1 N–H and O–H groups in total. The molecule has 0 aliphatic rings. The summed E-state index contributed by atoms with van der Waals surface area (Å²) in [5, 5.41) is 1.79. The molecule has 0 fully saturated rings. The van der Waals surface area contributed by atoms with Gasteiger partial charge in [-0.1, -0.05) is 29.8 Å². The lowest BCUT2D eigenvalue weighted by atomic mass is 10.2. The number of hydrogen-bond donors (Lipinski definition) is 1. The molecule has 2 rings (SSSR count). The second kappa shape index (κ2) is 9.41. The van der Waals surface area contributed by atoms with Crippen LogP contribution in [0, 0.1) is 6.92 Å². The number of ether oxygens (including phenoxy) is 2. The Bertz CT molecular complexity index is 859. The highest BCUT2D eigenvalue weighted by Crippen LogP contribution is 2.32. The Labute approximate surface area is 163 Å². The molecule has 0 unspecified atom stereocenters. The standard InChI is InChI=1S/C18H16ClF3N2O4/c1-11-4-2-3-5-14(11)27-7-6-16(26)28-10-15(25)24-17-13(19)8-12(9-23-17)18(20,21)22/h2-5,8-9H,6-7,10H2,1H3,(H,23,24,25). The fraction of sp³-hybridized carbons (Fsp3) is 0.278. The molecule has 0 aliphatic heterocycles. The van der Waals surface area contributed by atoms with E-state index in [9.17, 15) is 22.8 Å². The lowest BCUT2D eigenvalue weighted by Crippen LogP contribution is -2.22. The van der Waals surface area contributed by atoms with Gasteiger partial charge in [0.2, 0.25) is 0 Å². The maximum absolute atomic E-state index is 12.6. The van der Waals surface area contributed by atoms with Crippen molar-refractivity contribution in [3.8, 4) is 5.75 Å². The van der Waals surface area contributed by atoms with Crippen LogP contribution in [0.25, 0.3) is 0 Å². The molecule has 2 aromatic rings. The van der Waals surface area contributed by atoms with Crippen molar-refractivity contribution in [3.63, 3.8) is 0 Å². The van der Waals surface area contributed by atoms with Crippen LogP contribution < -0.4 is 10.1 Å². The van der Waals surface area contributed by atoms with Crippen molar-refractivity contribution in [2.45, 2.75) is 19.5 Å². The molecule has 0 aliphatic carbocycles. The number of carbonyl (C=O) groups excluding carboxylic acids is 2. The molecular weight excluding hydrogens is 401 g/mol. The number of hydrogen-bond acceptors (Lipinski definition) is 5. The molecule has 0 spiro atoms. The molecule has 10 heteroatoms. The molecule has 1 amide bonds. The van der Waals surface area contributed by atoms with Crippen molar-refractivity contribution in [1.29, 1.82) is 0 Å². The molecular formula is C18H16ClF3N2O4. The number of rotatable bonds is 7. The minimum absolute atomic E-state index is 0.0671. The second-order valence-corrected chi connectivity index (χ2v) is 6.03. The highest BCUT2D eigenvalue weighted by Gasteiger charge is 2.31. The first-order valence-electron chi connectivity index (χ1n) is 8.03. The molecule has 1 aromatic heterocycles. The van der Waals surface area contributed by atoms with Crippen LogP contribution in [-0.4, -0.2) is 30.1 Å². The van der Waals surface area contributed by atoms with Gasteiger partial charge in [0.1, 0.15) is 5.75 Å². The fourth-order valence-electron chi connectivity index (χ4n) is 2.03. The number of alkyl halides is 3. The van der Waals surface area contributed by atoms with Crippen LogP contribution in [0.5, 0.6) is 5.75 Å². The van der Waals surface area contributed by atoms with Gasteiger partial charge in [0.15, 0.2) is 12.4 Å². The summed E-state index contributed by atoms with van der Waals surface area (Å²) in [6.07, 6.45) is -4.15. The highest BCUT2D eigenvalue weighted by molar-refractivity contribution is 6.33. The number of para-hydroxylation sites is 1. The van der Waals surface area contributed by atoms with E-state index in [1.165, 1.54) is 0 Å². The number of benzene rings is 1. The quantitative estimate of drug-likeness (QED) is 0.690. The normalized spacial score (nSPS) is 11.0. The third-order valence-electron chi connectivity index (χ3n) is 3.45. The number of anilines is 1. The van der Waals surface area contributed by atoms with E-state index >= 15 is 0 Å². The number of nitrogens with zero attached hydrogens (tertiary/aromatic N) is 1. The van der Waals surface area contributed by atoms with E-state index in [4.69, 9.17) is 21.1 Å². The molecule has 150 valence electrons. The Kier molecular flexibility index (Phi) is 7.22. The molecule has 0 saturated heterocycles. The summed E-state index contributed by atoms with van der Waals surface area (Å²) < 4.78 is 47.9. The zero-order valence-electron chi connectivity index (χ0n) is 14.7. The van der Waals surface area contributed by atoms with Crippen LogP contribution in [0.4, 0.5) is 19.0 Å². The first-order chi connectivity index (χ1) is 13.2. The van der Waals surface area contributed by atoms with Crippen molar-refractivity contribution in [2.75, 3.05) is 18.5 Å². The Morgan fingerprint density at radius 3 is 2.61 bits per heavy atom. The summed E-state index contributed by atoms with van der Waals surface area (Å²) in [5.74, 6) is -1.09. The number of halogens is 4. The fourth-order valence-corrected chi connectivity index (χ4v) is 2.25. The van der Waals surface area contributed by atoms with Gasteiger partial charge < -0.3 is 14.8 Å². The predicted molar refractivity (Wildman–Crippen MR) is 95.1 cm³/mol.